The number of rotatable bonds is 5. The van der Waals surface area contributed by atoms with E-state index in [1.807, 2.05) is 12.1 Å². The third-order valence-electron chi connectivity index (χ3n) is 6.28. The lowest BCUT2D eigenvalue weighted by Gasteiger charge is -2.33. The maximum Gasteiger partial charge on any atom is 0.344 e. The van der Waals surface area contributed by atoms with Crippen LogP contribution in [0.5, 0.6) is 0 Å². The molecule has 2 atom stereocenters. The summed E-state index contributed by atoms with van der Waals surface area (Å²) >= 11 is 0. The lowest BCUT2D eigenvalue weighted by Crippen LogP contribution is -2.51. The molecule has 1 saturated heterocycles. The fourth-order valence-electron chi connectivity index (χ4n) is 4.18. The predicted octanol–water partition coefficient (Wildman–Crippen LogP) is 2.87. The Hall–Kier alpha value is -2.31. The molecule has 27 heavy (non-hydrogen) atoms. The molecule has 146 valence electrons. The lowest BCUT2D eigenvalue weighted by atomic mass is 9.77. The fourth-order valence-corrected chi connectivity index (χ4v) is 4.18. The number of nitrogens with zero attached hydrogens (tertiary/aromatic N) is 1. The van der Waals surface area contributed by atoms with Crippen LogP contribution < -0.4 is 10.7 Å². The summed E-state index contributed by atoms with van der Waals surface area (Å²) in [7, 11) is 0. The maximum atomic E-state index is 12.7. The number of hydrazine groups is 1. The molecule has 1 aromatic rings. The average molecular weight is 373 g/mol. The summed E-state index contributed by atoms with van der Waals surface area (Å²) in [6.07, 6.45) is 4.80. The van der Waals surface area contributed by atoms with Gasteiger partial charge >= 0.3 is 6.03 Å². The van der Waals surface area contributed by atoms with Gasteiger partial charge in [0, 0.05) is 18.8 Å². The molecule has 7 heteroatoms. The molecule has 3 aliphatic rings. The Balaban J connectivity index is 1.30. The summed E-state index contributed by atoms with van der Waals surface area (Å²) in [4.78, 5) is 37.2. The highest BCUT2D eigenvalue weighted by Gasteiger charge is 2.52. The molecule has 4 amide bonds. The molecule has 3 fully saturated rings. The number of furan rings is 1. The Kier molecular flexibility index (Phi) is 4.48. The first-order valence-corrected chi connectivity index (χ1v) is 9.93. The highest BCUT2D eigenvalue weighted by Crippen LogP contribution is 2.47. The molecule has 1 spiro atoms. The Morgan fingerprint density at radius 2 is 2.00 bits per heavy atom. The number of urea groups is 1. The number of nitrogens with one attached hydrogen (secondary N) is 2. The van der Waals surface area contributed by atoms with Gasteiger partial charge in [0.15, 0.2) is 0 Å². The van der Waals surface area contributed by atoms with E-state index in [0.29, 0.717) is 37.0 Å². The first kappa shape index (κ1) is 18.1. The largest absolute Gasteiger partial charge is 0.466 e. The molecule has 0 radical (unpaired) electrons. The SMILES string of the molecule is CC1CCC2(CC1)NC(=O)N(NC(=O)CCc1ccc([C@@H]3C[C@@H]3C)o1)C2=O. The fraction of sp³-hybridized carbons (Fsp3) is 0.650. The third-order valence-corrected chi connectivity index (χ3v) is 6.28. The van der Waals surface area contributed by atoms with E-state index in [1.165, 1.54) is 0 Å². The van der Waals surface area contributed by atoms with Crippen molar-refractivity contribution in [3.05, 3.63) is 23.7 Å². The molecular weight excluding hydrogens is 346 g/mol. The second kappa shape index (κ2) is 6.69. The summed E-state index contributed by atoms with van der Waals surface area (Å²) in [5.41, 5.74) is 1.63. The Morgan fingerprint density at radius 1 is 1.30 bits per heavy atom. The predicted molar refractivity (Wildman–Crippen MR) is 97.4 cm³/mol. The minimum Gasteiger partial charge on any atom is -0.466 e. The van der Waals surface area contributed by atoms with Gasteiger partial charge in [0.1, 0.15) is 17.1 Å². The zero-order chi connectivity index (χ0) is 19.2. The average Bonchev–Trinajstić information content (AvgIpc) is 3.11. The van der Waals surface area contributed by atoms with Crippen molar-refractivity contribution in [2.24, 2.45) is 11.8 Å². The van der Waals surface area contributed by atoms with Gasteiger partial charge in [0.2, 0.25) is 5.91 Å². The van der Waals surface area contributed by atoms with Gasteiger partial charge in [0.05, 0.1) is 0 Å². The molecule has 2 heterocycles. The van der Waals surface area contributed by atoms with E-state index in [1.54, 1.807) is 0 Å². The number of carbonyl (C=O) groups is 3. The van der Waals surface area contributed by atoms with Crippen LogP contribution in [0.25, 0.3) is 0 Å². The van der Waals surface area contributed by atoms with Gasteiger partial charge in [-0.2, -0.15) is 5.01 Å². The van der Waals surface area contributed by atoms with Gasteiger partial charge in [-0.05, 0) is 56.1 Å². The standard InChI is InChI=1S/C20H27N3O4/c1-12-7-9-20(10-8-12)18(25)23(19(26)21-20)22-17(24)6-4-14-3-5-16(27-14)15-11-13(15)2/h3,5,12-13,15H,4,6-11H2,1-2H3,(H,21,26)(H,22,24)/t12?,13-,15+,20?/m0/s1. The van der Waals surface area contributed by atoms with Crippen LogP contribution in [0.2, 0.25) is 0 Å². The van der Waals surface area contributed by atoms with Gasteiger partial charge < -0.3 is 9.73 Å². The van der Waals surface area contributed by atoms with E-state index in [9.17, 15) is 14.4 Å². The van der Waals surface area contributed by atoms with Crippen LogP contribution in [-0.2, 0) is 16.0 Å². The molecule has 2 N–H and O–H groups in total. The first-order valence-electron chi connectivity index (χ1n) is 9.93. The normalized spacial score (nSPS) is 32.7. The summed E-state index contributed by atoms with van der Waals surface area (Å²) in [6, 6.07) is 3.34. The Morgan fingerprint density at radius 3 is 2.67 bits per heavy atom. The quantitative estimate of drug-likeness (QED) is 0.777. The maximum absolute atomic E-state index is 12.7. The molecule has 0 bridgehead atoms. The van der Waals surface area contributed by atoms with E-state index in [-0.39, 0.29) is 18.2 Å². The van der Waals surface area contributed by atoms with Gasteiger partial charge in [0.25, 0.3) is 5.91 Å². The van der Waals surface area contributed by atoms with Crippen LogP contribution in [0.15, 0.2) is 16.5 Å². The molecule has 1 aromatic heterocycles. The Bertz CT molecular complexity index is 763. The van der Waals surface area contributed by atoms with Crippen LogP contribution in [0, 0.1) is 11.8 Å². The van der Waals surface area contributed by atoms with Crippen molar-refractivity contribution in [2.45, 2.75) is 70.3 Å². The number of carbonyl (C=O) groups excluding carboxylic acids is 3. The summed E-state index contributed by atoms with van der Waals surface area (Å²) in [6.45, 7) is 4.34. The molecule has 2 saturated carbocycles. The number of hydrogen-bond donors (Lipinski definition) is 2. The van der Waals surface area contributed by atoms with E-state index in [2.05, 4.69) is 24.6 Å². The lowest BCUT2D eigenvalue weighted by molar-refractivity contribution is -0.140. The van der Waals surface area contributed by atoms with Gasteiger partial charge in [-0.3, -0.25) is 15.0 Å². The van der Waals surface area contributed by atoms with Crippen molar-refractivity contribution in [2.75, 3.05) is 0 Å². The summed E-state index contributed by atoms with van der Waals surface area (Å²) < 4.78 is 5.80. The van der Waals surface area contributed by atoms with E-state index in [4.69, 9.17) is 4.42 Å². The van der Waals surface area contributed by atoms with Gasteiger partial charge in [-0.25, -0.2) is 4.79 Å². The topological polar surface area (TPSA) is 91.7 Å². The number of imide groups is 1. The van der Waals surface area contributed by atoms with Crippen LogP contribution in [0.3, 0.4) is 0 Å². The zero-order valence-electron chi connectivity index (χ0n) is 15.9. The van der Waals surface area contributed by atoms with Gasteiger partial charge in [-0.15, -0.1) is 0 Å². The zero-order valence-corrected chi connectivity index (χ0v) is 15.9. The minimum atomic E-state index is -0.840. The molecule has 2 aliphatic carbocycles. The number of aryl methyl sites for hydroxylation is 1. The first-order chi connectivity index (χ1) is 12.9. The van der Waals surface area contributed by atoms with Crippen molar-refractivity contribution < 1.29 is 18.8 Å². The van der Waals surface area contributed by atoms with Crippen molar-refractivity contribution in [1.82, 2.24) is 15.8 Å². The third kappa shape index (κ3) is 3.47. The van der Waals surface area contributed by atoms with Crippen molar-refractivity contribution in [1.29, 1.82) is 0 Å². The molecule has 0 aromatic carbocycles. The highest BCUT2D eigenvalue weighted by molar-refractivity contribution is 6.08. The molecule has 1 aliphatic heterocycles. The van der Waals surface area contributed by atoms with Crippen LogP contribution >= 0.6 is 0 Å². The van der Waals surface area contributed by atoms with Crippen LogP contribution in [-0.4, -0.2) is 28.4 Å². The molecule has 4 rings (SSSR count). The smallest absolute Gasteiger partial charge is 0.344 e. The summed E-state index contributed by atoms with van der Waals surface area (Å²) in [5.74, 6) is 2.78. The summed E-state index contributed by atoms with van der Waals surface area (Å²) in [5, 5.41) is 3.66. The monoisotopic (exact) mass is 373 g/mol. The number of hydrogen-bond acceptors (Lipinski definition) is 4. The number of amides is 4. The second-order valence-electron chi connectivity index (χ2n) is 8.49. The van der Waals surface area contributed by atoms with Crippen molar-refractivity contribution in [3.8, 4) is 0 Å². The van der Waals surface area contributed by atoms with E-state index in [0.717, 1.165) is 35.8 Å². The van der Waals surface area contributed by atoms with Crippen molar-refractivity contribution in [3.63, 3.8) is 0 Å². The Labute approximate surface area is 158 Å². The molecule has 7 nitrogen and oxygen atoms in total. The minimum absolute atomic E-state index is 0.161. The molecule has 0 unspecified atom stereocenters. The van der Waals surface area contributed by atoms with Crippen molar-refractivity contribution >= 4 is 17.8 Å². The van der Waals surface area contributed by atoms with Crippen LogP contribution in [0.1, 0.15) is 69.8 Å². The van der Waals surface area contributed by atoms with Crippen LogP contribution in [0.4, 0.5) is 4.79 Å². The van der Waals surface area contributed by atoms with E-state index < -0.39 is 11.6 Å². The second-order valence-corrected chi connectivity index (χ2v) is 8.49. The highest BCUT2D eigenvalue weighted by atomic mass is 16.3. The van der Waals surface area contributed by atoms with E-state index >= 15 is 0 Å². The van der Waals surface area contributed by atoms with Gasteiger partial charge in [-0.1, -0.05) is 13.8 Å². The molecular formula is C20H27N3O4.